The van der Waals surface area contributed by atoms with Gasteiger partial charge < -0.3 is 15.2 Å². The zero-order valence-corrected chi connectivity index (χ0v) is 14.1. The van der Waals surface area contributed by atoms with Gasteiger partial charge in [0, 0.05) is 19.2 Å². The molecule has 0 aliphatic carbocycles. The van der Waals surface area contributed by atoms with Crippen LogP contribution < -0.4 is 10.6 Å². The van der Waals surface area contributed by atoms with Gasteiger partial charge in [-0.3, -0.25) is 4.99 Å². The van der Waals surface area contributed by atoms with Crippen LogP contribution in [0.2, 0.25) is 0 Å². The van der Waals surface area contributed by atoms with Gasteiger partial charge in [0.2, 0.25) is 5.89 Å². The van der Waals surface area contributed by atoms with Crippen LogP contribution >= 0.6 is 24.0 Å². The van der Waals surface area contributed by atoms with E-state index >= 15 is 0 Å². The zero-order valence-electron chi connectivity index (χ0n) is 11.8. The molecule has 6 nitrogen and oxygen atoms in total. The van der Waals surface area contributed by atoms with Gasteiger partial charge in [0.15, 0.2) is 11.8 Å². The second kappa shape index (κ2) is 8.55. The molecular formula is C13H17FIN5O. The minimum absolute atomic E-state index is 0. The first-order chi connectivity index (χ1) is 9.69. The Balaban J connectivity index is 0.00000220. The Labute approximate surface area is 139 Å². The van der Waals surface area contributed by atoms with Crippen molar-refractivity contribution in [3.05, 3.63) is 47.4 Å². The third-order valence-electron chi connectivity index (χ3n) is 2.60. The first-order valence-electron chi connectivity index (χ1n) is 6.16. The van der Waals surface area contributed by atoms with Crippen LogP contribution in [0.4, 0.5) is 4.39 Å². The number of hydrogen-bond acceptors (Lipinski definition) is 4. The van der Waals surface area contributed by atoms with E-state index in [1.807, 2.05) is 0 Å². The minimum atomic E-state index is -0.247. The van der Waals surface area contributed by atoms with E-state index in [0.717, 1.165) is 0 Å². The van der Waals surface area contributed by atoms with Crippen molar-refractivity contribution in [2.45, 2.75) is 20.0 Å². The molecular weight excluding hydrogens is 388 g/mol. The highest BCUT2D eigenvalue weighted by atomic mass is 127. The molecule has 1 heterocycles. The summed E-state index contributed by atoms with van der Waals surface area (Å²) in [6, 6.07) is 6.59. The average molecular weight is 405 g/mol. The Kier molecular flexibility index (Phi) is 7.06. The molecule has 0 saturated heterocycles. The number of halogens is 2. The molecule has 0 amide bonds. The predicted molar refractivity (Wildman–Crippen MR) is 87.9 cm³/mol. The topological polar surface area (TPSA) is 75.3 Å². The molecule has 0 saturated carbocycles. The van der Waals surface area contributed by atoms with E-state index < -0.39 is 0 Å². The summed E-state index contributed by atoms with van der Waals surface area (Å²) in [6.45, 7) is 2.45. The maximum absolute atomic E-state index is 13.5. The summed E-state index contributed by atoms with van der Waals surface area (Å²) in [5.74, 6) is 1.33. The molecule has 0 atom stereocenters. The lowest BCUT2D eigenvalue weighted by atomic mass is 10.2. The van der Waals surface area contributed by atoms with Gasteiger partial charge in [-0.1, -0.05) is 23.4 Å². The van der Waals surface area contributed by atoms with Crippen molar-refractivity contribution in [3.63, 3.8) is 0 Å². The quantitative estimate of drug-likeness (QED) is 0.463. The Hall–Kier alpha value is -1.71. The summed E-state index contributed by atoms with van der Waals surface area (Å²) in [6.07, 6.45) is 0. The molecule has 0 unspecified atom stereocenters. The fourth-order valence-electron chi connectivity index (χ4n) is 1.61. The van der Waals surface area contributed by atoms with Crippen LogP contribution in [0.15, 0.2) is 33.8 Å². The maximum atomic E-state index is 13.5. The molecule has 0 fully saturated rings. The molecule has 114 valence electrons. The van der Waals surface area contributed by atoms with Crippen molar-refractivity contribution in [1.82, 2.24) is 20.8 Å². The molecule has 8 heteroatoms. The van der Waals surface area contributed by atoms with E-state index in [1.165, 1.54) is 6.07 Å². The lowest BCUT2D eigenvalue weighted by Crippen LogP contribution is -2.36. The van der Waals surface area contributed by atoms with E-state index in [0.29, 0.717) is 36.3 Å². The summed E-state index contributed by atoms with van der Waals surface area (Å²) in [5.41, 5.74) is 0.573. The molecule has 1 aromatic heterocycles. The normalized spacial score (nSPS) is 10.9. The van der Waals surface area contributed by atoms with Gasteiger partial charge in [0.25, 0.3) is 0 Å². The number of hydrogen-bond donors (Lipinski definition) is 2. The maximum Gasteiger partial charge on any atom is 0.246 e. The number of aryl methyl sites for hydroxylation is 1. The third kappa shape index (κ3) is 5.29. The minimum Gasteiger partial charge on any atom is -0.352 e. The van der Waals surface area contributed by atoms with Gasteiger partial charge in [-0.25, -0.2) is 4.39 Å². The van der Waals surface area contributed by atoms with Gasteiger partial charge in [0.05, 0.1) is 6.54 Å². The Morgan fingerprint density at radius 1 is 1.29 bits per heavy atom. The van der Waals surface area contributed by atoms with E-state index in [4.69, 9.17) is 4.52 Å². The van der Waals surface area contributed by atoms with Crippen molar-refractivity contribution in [3.8, 4) is 0 Å². The van der Waals surface area contributed by atoms with E-state index in [9.17, 15) is 4.39 Å². The summed E-state index contributed by atoms with van der Waals surface area (Å²) >= 11 is 0. The number of nitrogens with zero attached hydrogens (tertiary/aromatic N) is 3. The van der Waals surface area contributed by atoms with E-state index in [1.54, 1.807) is 32.2 Å². The number of guanidine groups is 1. The fourth-order valence-corrected chi connectivity index (χ4v) is 1.61. The first-order valence-corrected chi connectivity index (χ1v) is 6.16. The number of rotatable bonds is 4. The predicted octanol–water partition coefficient (Wildman–Crippen LogP) is 2.00. The van der Waals surface area contributed by atoms with Crippen LogP contribution in [0.3, 0.4) is 0 Å². The lowest BCUT2D eigenvalue weighted by molar-refractivity contribution is 0.371. The third-order valence-corrected chi connectivity index (χ3v) is 2.60. The van der Waals surface area contributed by atoms with Crippen LogP contribution in [0, 0.1) is 12.7 Å². The van der Waals surface area contributed by atoms with Gasteiger partial charge in [0.1, 0.15) is 5.82 Å². The number of nitrogens with one attached hydrogen (secondary N) is 2. The second-order valence-electron chi connectivity index (χ2n) is 4.11. The molecule has 2 aromatic rings. The number of benzene rings is 1. The summed E-state index contributed by atoms with van der Waals surface area (Å²) < 4.78 is 18.4. The zero-order chi connectivity index (χ0) is 14.4. The number of aliphatic imine (C=N–C) groups is 1. The standard InChI is InChI=1S/C13H16FN5O.HI/c1-9-18-12(20-19-9)8-17-13(15-2)16-7-10-5-3-4-6-11(10)14;/h3-6H,7-8H2,1-2H3,(H2,15,16,17);1H. The summed E-state index contributed by atoms with van der Waals surface area (Å²) in [4.78, 5) is 8.10. The van der Waals surface area contributed by atoms with Crippen LogP contribution in [0.25, 0.3) is 0 Å². The van der Waals surface area contributed by atoms with Crippen molar-refractivity contribution in [1.29, 1.82) is 0 Å². The molecule has 0 aliphatic heterocycles. The average Bonchev–Trinajstić information content (AvgIpc) is 2.86. The summed E-state index contributed by atoms with van der Waals surface area (Å²) in [5, 5.41) is 9.71. The van der Waals surface area contributed by atoms with Gasteiger partial charge in [-0.2, -0.15) is 4.98 Å². The largest absolute Gasteiger partial charge is 0.352 e. The molecule has 1 aromatic carbocycles. The highest BCUT2D eigenvalue weighted by molar-refractivity contribution is 14.0. The van der Waals surface area contributed by atoms with Crippen LogP contribution in [-0.2, 0) is 13.1 Å². The summed E-state index contributed by atoms with van der Waals surface area (Å²) in [7, 11) is 1.63. The van der Waals surface area contributed by atoms with Crippen molar-refractivity contribution >= 4 is 29.9 Å². The Bertz CT molecular complexity index is 602. The Morgan fingerprint density at radius 3 is 2.62 bits per heavy atom. The first kappa shape index (κ1) is 17.3. The van der Waals surface area contributed by atoms with Crippen LogP contribution in [0.5, 0.6) is 0 Å². The molecule has 2 rings (SSSR count). The smallest absolute Gasteiger partial charge is 0.246 e. The SMILES string of the molecule is CN=C(NCc1nc(C)no1)NCc1ccccc1F.I. The molecule has 0 radical (unpaired) electrons. The van der Waals surface area contributed by atoms with Crippen molar-refractivity contribution in [2.24, 2.45) is 4.99 Å². The molecule has 0 spiro atoms. The van der Waals surface area contributed by atoms with Crippen molar-refractivity contribution in [2.75, 3.05) is 7.05 Å². The molecule has 0 aliphatic rings. The van der Waals surface area contributed by atoms with E-state index in [2.05, 4.69) is 25.8 Å². The highest BCUT2D eigenvalue weighted by Gasteiger charge is 2.05. The number of aromatic nitrogens is 2. The Morgan fingerprint density at radius 2 is 2.00 bits per heavy atom. The van der Waals surface area contributed by atoms with Crippen LogP contribution in [-0.4, -0.2) is 23.1 Å². The monoisotopic (exact) mass is 405 g/mol. The van der Waals surface area contributed by atoms with E-state index in [-0.39, 0.29) is 29.8 Å². The second-order valence-corrected chi connectivity index (χ2v) is 4.11. The van der Waals surface area contributed by atoms with Crippen molar-refractivity contribution < 1.29 is 8.91 Å². The molecule has 2 N–H and O–H groups in total. The van der Waals surface area contributed by atoms with Gasteiger partial charge >= 0.3 is 0 Å². The molecule has 0 bridgehead atoms. The van der Waals surface area contributed by atoms with Gasteiger partial charge in [-0.15, -0.1) is 24.0 Å². The lowest BCUT2D eigenvalue weighted by Gasteiger charge is -2.10. The van der Waals surface area contributed by atoms with Gasteiger partial charge in [-0.05, 0) is 13.0 Å². The highest BCUT2D eigenvalue weighted by Crippen LogP contribution is 2.05. The molecule has 21 heavy (non-hydrogen) atoms. The van der Waals surface area contributed by atoms with Crippen LogP contribution in [0.1, 0.15) is 17.3 Å². The fraction of sp³-hybridized carbons (Fsp3) is 0.308.